The Labute approximate surface area is 145 Å². The van der Waals surface area contributed by atoms with E-state index in [1.807, 2.05) is 6.07 Å². The van der Waals surface area contributed by atoms with Crippen molar-refractivity contribution in [3.8, 4) is 0 Å². The summed E-state index contributed by atoms with van der Waals surface area (Å²) in [4.78, 5) is 24.1. The SMILES string of the molecule is C[SiH](C)O[C@H](C[C@H]1C(=O)N[C@@H]1OC(=O)c1ccccc1)C(C)(C)C. The lowest BCUT2D eigenvalue weighted by atomic mass is 9.81. The lowest BCUT2D eigenvalue weighted by molar-refractivity contribution is -0.150. The summed E-state index contributed by atoms with van der Waals surface area (Å²) < 4.78 is 11.6. The van der Waals surface area contributed by atoms with Crippen LogP contribution in [0.3, 0.4) is 0 Å². The van der Waals surface area contributed by atoms with Crippen LogP contribution in [0.25, 0.3) is 0 Å². The third-order valence-corrected chi connectivity index (χ3v) is 4.97. The number of amides is 1. The van der Waals surface area contributed by atoms with Gasteiger partial charge in [0.15, 0.2) is 15.3 Å². The maximum absolute atomic E-state index is 12.2. The molecule has 0 aromatic heterocycles. The van der Waals surface area contributed by atoms with Crippen molar-refractivity contribution in [2.75, 3.05) is 0 Å². The molecule has 1 aromatic carbocycles. The summed E-state index contributed by atoms with van der Waals surface area (Å²) >= 11 is 0. The zero-order valence-electron chi connectivity index (χ0n) is 15.0. The molecule has 3 atom stereocenters. The molecule has 0 bridgehead atoms. The van der Waals surface area contributed by atoms with Crippen molar-refractivity contribution in [1.29, 1.82) is 0 Å². The third kappa shape index (κ3) is 4.67. The second-order valence-corrected chi connectivity index (χ2v) is 9.95. The van der Waals surface area contributed by atoms with Crippen LogP contribution in [0, 0.1) is 11.3 Å². The first kappa shape index (κ1) is 18.7. The first-order chi connectivity index (χ1) is 11.2. The molecule has 1 N–H and O–H groups in total. The summed E-state index contributed by atoms with van der Waals surface area (Å²) in [6.45, 7) is 10.6. The fourth-order valence-corrected chi connectivity index (χ4v) is 3.84. The van der Waals surface area contributed by atoms with Gasteiger partial charge >= 0.3 is 5.97 Å². The summed E-state index contributed by atoms with van der Waals surface area (Å²) in [5.41, 5.74) is 0.414. The number of hydrogen-bond donors (Lipinski definition) is 1. The summed E-state index contributed by atoms with van der Waals surface area (Å²) in [6.07, 6.45) is -0.0432. The largest absolute Gasteiger partial charge is 0.437 e. The second kappa shape index (κ2) is 7.48. The van der Waals surface area contributed by atoms with Gasteiger partial charge in [-0.1, -0.05) is 39.0 Å². The van der Waals surface area contributed by atoms with Gasteiger partial charge in [0.2, 0.25) is 5.91 Å². The van der Waals surface area contributed by atoms with Crippen molar-refractivity contribution >= 4 is 20.9 Å². The van der Waals surface area contributed by atoms with Crippen LogP contribution in [-0.4, -0.2) is 33.2 Å². The highest BCUT2D eigenvalue weighted by molar-refractivity contribution is 6.48. The number of β-lactam (4-membered cyclic amide) rings is 1. The summed E-state index contributed by atoms with van der Waals surface area (Å²) in [7, 11) is -1.23. The van der Waals surface area contributed by atoms with Gasteiger partial charge in [0.05, 0.1) is 17.6 Å². The highest BCUT2D eigenvalue weighted by Crippen LogP contribution is 2.32. The number of hydrogen-bond acceptors (Lipinski definition) is 4. The Morgan fingerprint density at radius 2 is 1.88 bits per heavy atom. The lowest BCUT2D eigenvalue weighted by Gasteiger charge is -2.41. The van der Waals surface area contributed by atoms with Gasteiger partial charge < -0.3 is 14.5 Å². The number of ether oxygens (including phenoxy) is 1. The Hall–Kier alpha value is -1.66. The van der Waals surface area contributed by atoms with Crippen LogP contribution in [0.15, 0.2) is 30.3 Å². The zero-order valence-corrected chi connectivity index (χ0v) is 16.2. The van der Waals surface area contributed by atoms with Crippen molar-refractivity contribution in [1.82, 2.24) is 5.32 Å². The molecule has 0 radical (unpaired) electrons. The molecule has 2 rings (SSSR count). The highest BCUT2D eigenvalue weighted by atomic mass is 28.3. The fraction of sp³-hybridized carbons (Fsp3) is 0.556. The van der Waals surface area contributed by atoms with Gasteiger partial charge in [-0.2, -0.15) is 0 Å². The van der Waals surface area contributed by atoms with Crippen LogP contribution in [0.1, 0.15) is 37.6 Å². The van der Waals surface area contributed by atoms with E-state index in [2.05, 4.69) is 39.2 Å². The number of benzene rings is 1. The predicted octanol–water partition coefficient (Wildman–Crippen LogP) is 2.72. The molecule has 6 heteroatoms. The molecule has 0 saturated carbocycles. The van der Waals surface area contributed by atoms with Gasteiger partial charge in [0, 0.05) is 0 Å². The van der Waals surface area contributed by atoms with Gasteiger partial charge in [-0.3, -0.25) is 4.79 Å². The molecule has 0 aliphatic carbocycles. The Bertz CT molecular complexity index is 582. The van der Waals surface area contributed by atoms with E-state index in [1.54, 1.807) is 24.3 Å². The Kier molecular flexibility index (Phi) is 5.82. The summed E-state index contributed by atoms with van der Waals surface area (Å²) in [6, 6.07) is 8.80. The van der Waals surface area contributed by atoms with Gasteiger partial charge in [-0.15, -0.1) is 0 Å². The average molecular weight is 350 g/mol. The van der Waals surface area contributed by atoms with E-state index in [4.69, 9.17) is 9.16 Å². The molecule has 0 unspecified atom stereocenters. The number of carbonyl (C=O) groups is 2. The average Bonchev–Trinajstić information content (AvgIpc) is 2.50. The van der Waals surface area contributed by atoms with E-state index in [-0.39, 0.29) is 23.3 Å². The number of esters is 1. The van der Waals surface area contributed by atoms with E-state index in [9.17, 15) is 9.59 Å². The maximum Gasteiger partial charge on any atom is 0.340 e. The normalized spacial score (nSPS) is 21.8. The molecule has 1 aliphatic rings. The van der Waals surface area contributed by atoms with E-state index in [0.29, 0.717) is 12.0 Å². The van der Waals surface area contributed by atoms with Gasteiger partial charge in [0.1, 0.15) is 0 Å². The molecule has 1 fully saturated rings. The molecule has 1 amide bonds. The van der Waals surface area contributed by atoms with Crippen LogP contribution < -0.4 is 5.32 Å². The maximum atomic E-state index is 12.2. The molecule has 1 saturated heterocycles. The highest BCUT2D eigenvalue weighted by Gasteiger charge is 2.45. The van der Waals surface area contributed by atoms with Crippen LogP contribution in [0.4, 0.5) is 0 Å². The van der Waals surface area contributed by atoms with Gasteiger partial charge in [-0.05, 0) is 37.1 Å². The van der Waals surface area contributed by atoms with Crippen molar-refractivity contribution < 1.29 is 18.8 Å². The fourth-order valence-electron chi connectivity index (χ4n) is 2.66. The molecule has 24 heavy (non-hydrogen) atoms. The van der Waals surface area contributed by atoms with Crippen LogP contribution in [-0.2, 0) is 14.0 Å². The van der Waals surface area contributed by atoms with E-state index in [1.165, 1.54) is 0 Å². The topological polar surface area (TPSA) is 64.6 Å². The smallest absolute Gasteiger partial charge is 0.340 e. The minimum absolute atomic E-state index is 0.0295. The Morgan fingerprint density at radius 3 is 2.38 bits per heavy atom. The third-order valence-electron chi connectivity index (χ3n) is 4.10. The predicted molar refractivity (Wildman–Crippen MR) is 95.1 cm³/mol. The van der Waals surface area contributed by atoms with E-state index >= 15 is 0 Å². The standard InChI is InChI=1S/C18H27NO4Si/c1-18(2,3)14(23-24(4)5)11-13-15(20)19-16(13)22-17(21)12-9-7-6-8-10-12/h6-10,13-14,16,24H,11H2,1-5H3,(H,19,20)/t13-,14+,16+/m0/s1. The van der Waals surface area contributed by atoms with Crippen molar-refractivity contribution in [2.45, 2.75) is 52.6 Å². The first-order valence-corrected chi connectivity index (χ1v) is 11.2. The molecule has 1 aromatic rings. The molecule has 1 aliphatic heterocycles. The molecule has 0 spiro atoms. The molecule has 5 nitrogen and oxygen atoms in total. The van der Waals surface area contributed by atoms with Crippen molar-refractivity contribution in [2.24, 2.45) is 11.3 Å². The lowest BCUT2D eigenvalue weighted by Crippen LogP contribution is -2.61. The molecule has 1 heterocycles. The minimum atomic E-state index is -1.23. The molecule has 132 valence electrons. The van der Waals surface area contributed by atoms with Crippen LogP contribution >= 0.6 is 0 Å². The van der Waals surface area contributed by atoms with Gasteiger partial charge in [0.25, 0.3) is 0 Å². The number of rotatable bonds is 6. The van der Waals surface area contributed by atoms with Crippen LogP contribution in [0.2, 0.25) is 13.1 Å². The van der Waals surface area contributed by atoms with Crippen molar-refractivity contribution in [3.05, 3.63) is 35.9 Å². The zero-order chi connectivity index (χ0) is 17.9. The monoisotopic (exact) mass is 349 g/mol. The van der Waals surface area contributed by atoms with E-state index < -0.39 is 21.2 Å². The van der Waals surface area contributed by atoms with E-state index in [0.717, 1.165) is 0 Å². The summed E-state index contributed by atoms with van der Waals surface area (Å²) in [5, 5.41) is 2.68. The minimum Gasteiger partial charge on any atom is -0.437 e. The van der Waals surface area contributed by atoms with Crippen LogP contribution in [0.5, 0.6) is 0 Å². The second-order valence-electron chi connectivity index (χ2n) is 7.58. The van der Waals surface area contributed by atoms with Gasteiger partial charge in [-0.25, -0.2) is 4.79 Å². The Balaban J connectivity index is 2.01. The molecular formula is C18H27NO4Si. The quantitative estimate of drug-likeness (QED) is 0.487. The number of carbonyl (C=O) groups excluding carboxylic acids is 2. The number of nitrogens with one attached hydrogen (secondary N) is 1. The Morgan fingerprint density at radius 1 is 1.25 bits per heavy atom. The summed E-state index contributed by atoms with van der Waals surface area (Å²) in [5.74, 6) is -0.851. The van der Waals surface area contributed by atoms with Crippen molar-refractivity contribution in [3.63, 3.8) is 0 Å². The first-order valence-electron chi connectivity index (χ1n) is 8.40. The molecular weight excluding hydrogens is 322 g/mol.